The van der Waals surface area contributed by atoms with Gasteiger partial charge in [0.2, 0.25) is 0 Å². The molecule has 1 saturated heterocycles. The molecule has 3 rings (SSSR count). The highest BCUT2D eigenvalue weighted by molar-refractivity contribution is 5.95. The smallest absolute Gasteiger partial charge is 0.162 e. The van der Waals surface area contributed by atoms with Gasteiger partial charge in [-0.2, -0.15) is 0 Å². The molecule has 5 heteroatoms. The van der Waals surface area contributed by atoms with Crippen molar-refractivity contribution >= 4 is 5.78 Å². The Kier molecular flexibility index (Phi) is 5.97. The number of likely N-dealkylation sites (tertiary alicyclic amines) is 1. The van der Waals surface area contributed by atoms with Crippen LogP contribution in [0.15, 0.2) is 36.7 Å². The van der Waals surface area contributed by atoms with E-state index in [0.717, 1.165) is 32.6 Å². The van der Waals surface area contributed by atoms with Crippen molar-refractivity contribution in [2.24, 2.45) is 0 Å². The first-order chi connectivity index (χ1) is 12.2. The van der Waals surface area contributed by atoms with Gasteiger partial charge in [0.15, 0.2) is 5.78 Å². The summed E-state index contributed by atoms with van der Waals surface area (Å²) in [5.41, 5.74) is 0.600. The monoisotopic (exact) mass is 343 g/mol. The number of aryl methyl sites for hydroxylation is 1. The van der Waals surface area contributed by atoms with E-state index >= 15 is 0 Å². The minimum atomic E-state index is -0.304. The maximum absolute atomic E-state index is 12.9. The maximum atomic E-state index is 12.9. The predicted molar refractivity (Wildman–Crippen MR) is 96.3 cm³/mol. The molecule has 25 heavy (non-hydrogen) atoms. The number of aromatic nitrogens is 2. The first-order valence-corrected chi connectivity index (χ1v) is 9.19. The van der Waals surface area contributed by atoms with E-state index in [1.165, 1.54) is 30.8 Å². The second kappa shape index (κ2) is 8.39. The van der Waals surface area contributed by atoms with Crippen molar-refractivity contribution in [1.29, 1.82) is 0 Å². The van der Waals surface area contributed by atoms with Gasteiger partial charge in [-0.3, -0.25) is 4.79 Å². The number of benzene rings is 1. The first-order valence-electron chi connectivity index (χ1n) is 9.19. The molecule has 1 aliphatic rings. The van der Waals surface area contributed by atoms with Crippen molar-refractivity contribution in [2.45, 2.75) is 45.1 Å². The number of hydrogen-bond acceptors (Lipinski definition) is 3. The summed E-state index contributed by atoms with van der Waals surface area (Å²) in [6.07, 6.45) is 7.64. The molecule has 0 radical (unpaired) electrons. The van der Waals surface area contributed by atoms with Crippen LogP contribution in [0.5, 0.6) is 0 Å². The number of Topliss-reactive ketones (excluding diaryl/α,β-unsaturated/α-hetero) is 1. The second-order valence-electron chi connectivity index (χ2n) is 6.74. The lowest BCUT2D eigenvalue weighted by atomic mass is 9.96. The fourth-order valence-electron chi connectivity index (χ4n) is 3.66. The highest BCUT2D eigenvalue weighted by Gasteiger charge is 2.24. The zero-order valence-electron chi connectivity index (χ0n) is 14.8. The number of imidazole rings is 1. The molecule has 0 unspecified atom stereocenters. The van der Waals surface area contributed by atoms with E-state index in [4.69, 9.17) is 0 Å². The van der Waals surface area contributed by atoms with Gasteiger partial charge in [-0.1, -0.05) is 0 Å². The van der Waals surface area contributed by atoms with E-state index in [2.05, 4.69) is 27.6 Å². The molecular formula is C20H26FN3O. The van der Waals surface area contributed by atoms with Crippen LogP contribution in [0.2, 0.25) is 0 Å². The Morgan fingerprint density at radius 3 is 2.88 bits per heavy atom. The highest BCUT2D eigenvalue weighted by atomic mass is 19.1. The molecule has 0 N–H and O–H groups in total. The largest absolute Gasteiger partial charge is 0.335 e. The summed E-state index contributed by atoms with van der Waals surface area (Å²) in [5.74, 6) is 1.46. The Balaban J connectivity index is 1.48. The average molecular weight is 343 g/mol. The van der Waals surface area contributed by atoms with Crippen LogP contribution in [0.4, 0.5) is 4.39 Å². The van der Waals surface area contributed by atoms with Gasteiger partial charge in [0.1, 0.15) is 11.6 Å². The standard InChI is InChI=1S/C20H26FN3O/c1-2-24-14-11-22-20(24)17-5-3-12-23(15-17)13-4-6-19(25)16-7-9-18(21)10-8-16/h7-11,14,17H,2-6,12-13,15H2,1H3/t17-/m1/s1. The van der Waals surface area contributed by atoms with Gasteiger partial charge in [0.25, 0.3) is 0 Å². The van der Waals surface area contributed by atoms with Gasteiger partial charge in [-0.25, -0.2) is 9.37 Å². The Morgan fingerprint density at radius 2 is 2.12 bits per heavy atom. The number of hydrogen-bond donors (Lipinski definition) is 0. The number of halogens is 1. The summed E-state index contributed by atoms with van der Waals surface area (Å²) in [4.78, 5) is 19.2. The number of carbonyl (C=O) groups excluding carboxylic acids is 1. The molecule has 0 amide bonds. The van der Waals surface area contributed by atoms with Crippen LogP contribution in [0.3, 0.4) is 0 Å². The molecule has 2 aromatic rings. The molecule has 134 valence electrons. The van der Waals surface area contributed by atoms with E-state index in [-0.39, 0.29) is 11.6 Å². The number of carbonyl (C=O) groups is 1. The van der Waals surface area contributed by atoms with Crippen molar-refractivity contribution in [3.05, 3.63) is 53.9 Å². The third kappa shape index (κ3) is 4.54. The van der Waals surface area contributed by atoms with Crippen molar-refractivity contribution in [1.82, 2.24) is 14.5 Å². The second-order valence-corrected chi connectivity index (χ2v) is 6.74. The number of ketones is 1. The Labute approximate surface area is 148 Å². The van der Waals surface area contributed by atoms with Gasteiger partial charge < -0.3 is 9.47 Å². The quantitative estimate of drug-likeness (QED) is 0.716. The van der Waals surface area contributed by atoms with Crippen molar-refractivity contribution in [2.75, 3.05) is 19.6 Å². The molecule has 0 bridgehead atoms. The van der Waals surface area contributed by atoms with Crippen LogP contribution in [0.1, 0.15) is 54.7 Å². The van der Waals surface area contributed by atoms with Gasteiger partial charge >= 0.3 is 0 Å². The summed E-state index contributed by atoms with van der Waals surface area (Å²) in [7, 11) is 0. The van der Waals surface area contributed by atoms with Gasteiger partial charge in [0, 0.05) is 43.4 Å². The lowest BCUT2D eigenvalue weighted by Crippen LogP contribution is -2.36. The summed E-state index contributed by atoms with van der Waals surface area (Å²) < 4.78 is 15.2. The number of nitrogens with zero attached hydrogens (tertiary/aromatic N) is 3. The first kappa shape index (κ1) is 17.8. The fourth-order valence-corrected chi connectivity index (χ4v) is 3.66. The van der Waals surface area contributed by atoms with Crippen molar-refractivity contribution in [3.8, 4) is 0 Å². The summed E-state index contributed by atoms with van der Waals surface area (Å²) in [5, 5.41) is 0. The van der Waals surface area contributed by atoms with Gasteiger partial charge in [0.05, 0.1) is 0 Å². The van der Waals surface area contributed by atoms with Crippen LogP contribution in [0, 0.1) is 5.82 Å². The molecule has 0 aliphatic carbocycles. The van der Waals surface area contributed by atoms with Crippen LogP contribution in [-0.4, -0.2) is 39.9 Å². The van der Waals surface area contributed by atoms with Gasteiger partial charge in [-0.15, -0.1) is 0 Å². The van der Waals surface area contributed by atoms with E-state index in [1.54, 1.807) is 12.1 Å². The Morgan fingerprint density at radius 1 is 1.32 bits per heavy atom. The van der Waals surface area contributed by atoms with E-state index < -0.39 is 0 Å². The maximum Gasteiger partial charge on any atom is 0.162 e. The van der Waals surface area contributed by atoms with Crippen molar-refractivity contribution < 1.29 is 9.18 Å². The van der Waals surface area contributed by atoms with E-state index in [9.17, 15) is 9.18 Å². The molecule has 1 aromatic heterocycles. The van der Waals surface area contributed by atoms with Crippen molar-refractivity contribution in [3.63, 3.8) is 0 Å². The summed E-state index contributed by atoms with van der Waals surface area (Å²) in [6, 6.07) is 5.83. The minimum Gasteiger partial charge on any atom is -0.335 e. The Bertz CT molecular complexity index is 695. The number of rotatable bonds is 7. The molecule has 1 aliphatic heterocycles. The highest BCUT2D eigenvalue weighted by Crippen LogP contribution is 2.26. The molecule has 1 aromatic carbocycles. The predicted octanol–water partition coefficient (Wildman–Crippen LogP) is 3.88. The summed E-state index contributed by atoms with van der Waals surface area (Å²) >= 11 is 0. The molecule has 2 heterocycles. The third-order valence-corrected chi connectivity index (χ3v) is 5.00. The van der Waals surface area contributed by atoms with Crippen LogP contribution < -0.4 is 0 Å². The fraction of sp³-hybridized carbons (Fsp3) is 0.500. The lowest BCUT2D eigenvalue weighted by Gasteiger charge is -2.32. The van der Waals surface area contributed by atoms with Crippen LogP contribution in [-0.2, 0) is 6.54 Å². The zero-order chi connectivity index (χ0) is 17.6. The molecule has 4 nitrogen and oxygen atoms in total. The van der Waals surface area contributed by atoms with Gasteiger partial charge in [-0.05, 0) is 63.5 Å². The third-order valence-electron chi connectivity index (χ3n) is 5.00. The molecule has 1 atom stereocenters. The van der Waals surface area contributed by atoms with E-state index in [1.807, 2.05) is 6.20 Å². The van der Waals surface area contributed by atoms with Crippen LogP contribution in [0.25, 0.3) is 0 Å². The minimum absolute atomic E-state index is 0.0927. The zero-order valence-corrected chi connectivity index (χ0v) is 14.8. The average Bonchev–Trinajstić information content (AvgIpc) is 3.11. The topological polar surface area (TPSA) is 38.1 Å². The molecule has 1 fully saturated rings. The molecule has 0 saturated carbocycles. The summed E-state index contributed by atoms with van der Waals surface area (Å²) in [6.45, 7) is 6.14. The van der Waals surface area contributed by atoms with E-state index in [0.29, 0.717) is 17.9 Å². The molecular weight excluding hydrogens is 317 g/mol. The SMILES string of the molecule is CCn1ccnc1[C@@H]1CCCN(CCCC(=O)c2ccc(F)cc2)C1. The normalized spacial score (nSPS) is 18.4. The lowest BCUT2D eigenvalue weighted by molar-refractivity contribution is 0.0971. The number of piperidine rings is 1. The molecule has 0 spiro atoms. The Hall–Kier alpha value is -2.01. The van der Waals surface area contributed by atoms with Crippen LogP contribution >= 0.6 is 0 Å².